The van der Waals surface area contributed by atoms with Gasteiger partial charge in [-0.2, -0.15) is 0 Å². The van der Waals surface area contributed by atoms with Crippen LogP contribution in [0.25, 0.3) is 5.69 Å². The van der Waals surface area contributed by atoms with Crippen molar-refractivity contribution in [3.8, 4) is 17.2 Å². The number of aromatic nitrogens is 2. The molecule has 0 radical (unpaired) electrons. The normalized spacial score (nSPS) is 12.9. The van der Waals surface area contributed by atoms with Gasteiger partial charge in [-0.1, -0.05) is 30.3 Å². The highest BCUT2D eigenvalue weighted by Crippen LogP contribution is 2.34. The van der Waals surface area contributed by atoms with Crippen molar-refractivity contribution in [1.82, 2.24) is 9.55 Å². The highest BCUT2D eigenvalue weighted by Gasteiger charge is 2.22. The molecule has 0 unspecified atom stereocenters. The van der Waals surface area contributed by atoms with E-state index in [1.807, 2.05) is 49.4 Å². The molecule has 28 heavy (non-hydrogen) atoms. The number of aryl methyl sites for hydroxylation is 1. The summed E-state index contributed by atoms with van der Waals surface area (Å²) in [5.74, 6) is 1.82. The Morgan fingerprint density at radius 2 is 1.71 bits per heavy atom. The molecule has 0 saturated heterocycles. The molecule has 0 amide bonds. The van der Waals surface area contributed by atoms with E-state index in [0.717, 1.165) is 16.8 Å². The van der Waals surface area contributed by atoms with Crippen LogP contribution in [-0.4, -0.2) is 36.0 Å². The number of methoxy groups -OCH3 is 2. The van der Waals surface area contributed by atoms with Crippen LogP contribution >= 0.6 is 0 Å². The average Bonchev–Trinajstić information content (AvgIpc) is 2.69. The van der Waals surface area contributed by atoms with E-state index >= 15 is 0 Å². The zero-order chi connectivity index (χ0) is 19.7. The SMILES string of the molecule is COc1cc2c(cc1OC)-n1c(nc(C)cc1=O)CCN=C2c1ccccc1. The molecule has 3 aromatic rings. The second kappa shape index (κ2) is 7.31. The average molecular weight is 375 g/mol. The van der Waals surface area contributed by atoms with Crippen LogP contribution in [0.3, 0.4) is 0 Å². The predicted octanol–water partition coefficient (Wildman–Crippen LogP) is 2.95. The summed E-state index contributed by atoms with van der Waals surface area (Å²) in [4.78, 5) is 22.4. The van der Waals surface area contributed by atoms with Gasteiger partial charge in [0.05, 0.1) is 25.6 Å². The Labute approximate surface area is 163 Å². The van der Waals surface area contributed by atoms with Gasteiger partial charge in [0.1, 0.15) is 5.82 Å². The van der Waals surface area contributed by atoms with Crippen molar-refractivity contribution in [2.45, 2.75) is 13.3 Å². The van der Waals surface area contributed by atoms with Crippen LogP contribution in [0.5, 0.6) is 11.5 Å². The molecule has 1 aliphatic heterocycles. The molecule has 2 heterocycles. The molecule has 2 aromatic carbocycles. The Bertz CT molecular complexity index is 1120. The van der Waals surface area contributed by atoms with Gasteiger partial charge in [0, 0.05) is 41.9 Å². The van der Waals surface area contributed by atoms with Gasteiger partial charge < -0.3 is 9.47 Å². The maximum atomic E-state index is 12.9. The van der Waals surface area contributed by atoms with Crippen LogP contribution in [0.2, 0.25) is 0 Å². The Kier molecular flexibility index (Phi) is 4.69. The fourth-order valence-corrected chi connectivity index (χ4v) is 3.52. The molecule has 4 rings (SSSR count). The third kappa shape index (κ3) is 3.07. The van der Waals surface area contributed by atoms with Gasteiger partial charge in [0.15, 0.2) is 11.5 Å². The van der Waals surface area contributed by atoms with E-state index in [2.05, 4.69) is 4.98 Å². The van der Waals surface area contributed by atoms with Crippen molar-refractivity contribution >= 4 is 5.71 Å². The van der Waals surface area contributed by atoms with Gasteiger partial charge in [0.25, 0.3) is 5.56 Å². The van der Waals surface area contributed by atoms with Crippen LogP contribution < -0.4 is 15.0 Å². The van der Waals surface area contributed by atoms with E-state index < -0.39 is 0 Å². The molecule has 0 fully saturated rings. The Morgan fingerprint density at radius 1 is 1.00 bits per heavy atom. The lowest BCUT2D eigenvalue weighted by Crippen LogP contribution is -2.27. The van der Waals surface area contributed by atoms with Crippen molar-refractivity contribution in [2.75, 3.05) is 20.8 Å². The predicted molar refractivity (Wildman–Crippen MR) is 108 cm³/mol. The van der Waals surface area contributed by atoms with Crippen LogP contribution in [0.15, 0.2) is 58.3 Å². The maximum absolute atomic E-state index is 12.9. The van der Waals surface area contributed by atoms with Gasteiger partial charge in [-0.05, 0) is 13.0 Å². The first-order chi connectivity index (χ1) is 13.6. The van der Waals surface area contributed by atoms with Gasteiger partial charge >= 0.3 is 0 Å². The van der Waals surface area contributed by atoms with E-state index in [9.17, 15) is 4.79 Å². The number of ether oxygens (including phenoxy) is 2. The molecular formula is C22H21N3O3. The number of benzene rings is 2. The van der Waals surface area contributed by atoms with E-state index in [-0.39, 0.29) is 5.56 Å². The van der Waals surface area contributed by atoms with Gasteiger partial charge in [-0.15, -0.1) is 0 Å². The summed E-state index contributed by atoms with van der Waals surface area (Å²) in [6.07, 6.45) is 0.570. The highest BCUT2D eigenvalue weighted by atomic mass is 16.5. The Balaban J connectivity index is 2.07. The first kappa shape index (κ1) is 18.0. The molecule has 142 valence electrons. The zero-order valence-corrected chi connectivity index (χ0v) is 16.1. The minimum absolute atomic E-state index is 0.120. The largest absolute Gasteiger partial charge is 0.493 e. The maximum Gasteiger partial charge on any atom is 0.258 e. The van der Waals surface area contributed by atoms with Gasteiger partial charge in [-0.25, -0.2) is 4.98 Å². The third-order valence-corrected chi connectivity index (χ3v) is 4.77. The fraction of sp³-hybridized carbons (Fsp3) is 0.227. The Hall–Kier alpha value is -3.41. The minimum atomic E-state index is -0.120. The van der Waals surface area contributed by atoms with Crippen molar-refractivity contribution in [1.29, 1.82) is 0 Å². The number of hydrogen-bond acceptors (Lipinski definition) is 5. The molecule has 1 aliphatic rings. The smallest absolute Gasteiger partial charge is 0.258 e. The van der Waals surface area contributed by atoms with Crippen molar-refractivity contribution in [3.63, 3.8) is 0 Å². The fourth-order valence-electron chi connectivity index (χ4n) is 3.52. The molecular weight excluding hydrogens is 354 g/mol. The van der Waals surface area contributed by atoms with Crippen LogP contribution in [0.1, 0.15) is 22.6 Å². The molecule has 0 saturated carbocycles. The van der Waals surface area contributed by atoms with E-state index in [4.69, 9.17) is 14.5 Å². The lowest BCUT2D eigenvalue weighted by Gasteiger charge is -2.22. The number of hydrogen-bond donors (Lipinski definition) is 0. The molecule has 0 spiro atoms. The van der Waals surface area contributed by atoms with Gasteiger partial charge in [-0.3, -0.25) is 14.4 Å². The molecule has 6 nitrogen and oxygen atoms in total. The van der Waals surface area contributed by atoms with Gasteiger partial charge in [0.2, 0.25) is 0 Å². The molecule has 0 N–H and O–H groups in total. The van der Waals surface area contributed by atoms with E-state index in [0.29, 0.717) is 41.7 Å². The lowest BCUT2D eigenvalue weighted by molar-refractivity contribution is 0.354. The summed E-state index contributed by atoms with van der Waals surface area (Å²) in [6, 6.07) is 15.2. The molecule has 6 heteroatoms. The standard InChI is InChI=1S/C22H21N3O3/c1-14-11-21(26)25-17-13-19(28-3)18(27-2)12-16(17)22(15-7-5-4-6-8-15)23-10-9-20(25)24-14/h4-8,11-13H,9-10H2,1-3H3. The van der Waals surface area contributed by atoms with Crippen LogP contribution in [0, 0.1) is 6.92 Å². The number of fused-ring (bicyclic) bond motifs is 3. The molecule has 0 aliphatic carbocycles. The minimum Gasteiger partial charge on any atom is -0.493 e. The summed E-state index contributed by atoms with van der Waals surface area (Å²) in [6.45, 7) is 2.36. The summed E-state index contributed by atoms with van der Waals surface area (Å²) < 4.78 is 12.7. The lowest BCUT2D eigenvalue weighted by atomic mass is 9.98. The van der Waals surface area contributed by atoms with Crippen LogP contribution in [-0.2, 0) is 6.42 Å². The molecule has 0 atom stereocenters. The van der Waals surface area contributed by atoms with Crippen molar-refractivity contribution < 1.29 is 9.47 Å². The Morgan fingerprint density at radius 3 is 2.43 bits per heavy atom. The number of aliphatic imine (C=N–C) groups is 1. The first-order valence-corrected chi connectivity index (χ1v) is 9.08. The summed E-state index contributed by atoms with van der Waals surface area (Å²) >= 11 is 0. The van der Waals surface area contributed by atoms with Crippen molar-refractivity contribution in [3.05, 3.63) is 81.5 Å². The highest BCUT2D eigenvalue weighted by molar-refractivity contribution is 6.15. The summed E-state index contributed by atoms with van der Waals surface area (Å²) in [5, 5.41) is 0. The van der Waals surface area contributed by atoms with Crippen LogP contribution in [0.4, 0.5) is 0 Å². The quantitative estimate of drug-likeness (QED) is 0.706. The third-order valence-electron chi connectivity index (χ3n) is 4.77. The monoisotopic (exact) mass is 375 g/mol. The number of rotatable bonds is 3. The second-order valence-corrected chi connectivity index (χ2v) is 6.56. The second-order valence-electron chi connectivity index (χ2n) is 6.56. The first-order valence-electron chi connectivity index (χ1n) is 9.08. The van der Waals surface area contributed by atoms with Crippen molar-refractivity contribution in [2.24, 2.45) is 4.99 Å². The number of nitrogens with zero attached hydrogens (tertiary/aromatic N) is 3. The van der Waals surface area contributed by atoms with E-state index in [1.54, 1.807) is 24.9 Å². The molecule has 0 bridgehead atoms. The summed E-state index contributed by atoms with van der Waals surface area (Å²) in [5.41, 5.74) is 3.86. The summed E-state index contributed by atoms with van der Waals surface area (Å²) in [7, 11) is 3.17. The van der Waals surface area contributed by atoms with E-state index in [1.165, 1.54) is 0 Å². The topological polar surface area (TPSA) is 65.7 Å². The zero-order valence-electron chi connectivity index (χ0n) is 16.1. The molecule has 1 aromatic heterocycles.